The van der Waals surface area contributed by atoms with Crippen LogP contribution in [0.25, 0.3) is 0 Å². The molecule has 2 bridgehead atoms. The fourth-order valence-corrected chi connectivity index (χ4v) is 5.29. The van der Waals surface area contributed by atoms with Crippen LogP contribution in [0.5, 0.6) is 5.75 Å². The number of hydrogen-bond donors (Lipinski definition) is 1. The maximum atomic E-state index is 10.1. The minimum atomic E-state index is -0.197. The molecule has 21 heavy (non-hydrogen) atoms. The number of aliphatic hydroxyl groups is 1. The summed E-state index contributed by atoms with van der Waals surface area (Å²) >= 11 is 0. The molecule has 0 spiro atoms. The summed E-state index contributed by atoms with van der Waals surface area (Å²) in [6.07, 6.45) is 1.08. The van der Waals surface area contributed by atoms with Crippen molar-refractivity contribution in [2.24, 2.45) is 23.2 Å². The highest BCUT2D eigenvalue weighted by Crippen LogP contribution is 2.63. The van der Waals surface area contributed by atoms with Crippen LogP contribution in [0, 0.1) is 23.2 Å². The van der Waals surface area contributed by atoms with Gasteiger partial charge < -0.3 is 14.6 Å². The molecule has 1 aliphatic carbocycles. The molecule has 1 aromatic rings. The standard InChI is InChI=1S/C18H24O3/c1-11-8-17(3)15-12(2)18(11,9-19)10-20-16(15)13-6-4-5-7-14(13)21-17/h4-7,11-12,15-16,19H,8-10H2,1-3H3/t11-,12-,15+,16+,17+,18-/m0/s1. The van der Waals surface area contributed by atoms with Gasteiger partial charge in [0.1, 0.15) is 11.4 Å². The third-order valence-corrected chi connectivity index (χ3v) is 6.56. The van der Waals surface area contributed by atoms with Crippen LogP contribution >= 0.6 is 0 Å². The maximum absolute atomic E-state index is 10.1. The second-order valence-corrected chi connectivity index (χ2v) is 7.50. The van der Waals surface area contributed by atoms with E-state index in [1.165, 1.54) is 5.56 Å². The zero-order chi connectivity index (χ0) is 14.8. The Morgan fingerprint density at radius 2 is 2.05 bits per heavy atom. The molecule has 4 rings (SSSR count). The van der Waals surface area contributed by atoms with E-state index in [1.807, 2.05) is 6.07 Å². The van der Waals surface area contributed by atoms with Crippen molar-refractivity contribution in [2.75, 3.05) is 13.2 Å². The number of para-hydroxylation sites is 1. The number of ether oxygens (including phenoxy) is 2. The van der Waals surface area contributed by atoms with Gasteiger partial charge in [-0.05, 0) is 31.2 Å². The lowest BCUT2D eigenvalue weighted by Gasteiger charge is -2.63. The van der Waals surface area contributed by atoms with Gasteiger partial charge in [0.2, 0.25) is 0 Å². The van der Waals surface area contributed by atoms with E-state index in [9.17, 15) is 5.11 Å². The minimum absolute atomic E-state index is 0.0992. The summed E-state index contributed by atoms with van der Waals surface area (Å²) in [7, 11) is 0. The van der Waals surface area contributed by atoms with Gasteiger partial charge in [0.05, 0.1) is 19.3 Å². The van der Waals surface area contributed by atoms with Crippen LogP contribution in [0.2, 0.25) is 0 Å². The van der Waals surface area contributed by atoms with Gasteiger partial charge in [0.25, 0.3) is 0 Å². The van der Waals surface area contributed by atoms with Crippen LogP contribution in [-0.4, -0.2) is 23.9 Å². The number of rotatable bonds is 1. The van der Waals surface area contributed by atoms with Crippen LogP contribution in [-0.2, 0) is 4.74 Å². The Morgan fingerprint density at radius 1 is 1.29 bits per heavy atom. The van der Waals surface area contributed by atoms with Crippen molar-refractivity contribution >= 4 is 0 Å². The lowest BCUT2D eigenvalue weighted by atomic mass is 9.50. The normalized spacial score (nSPS) is 47.4. The number of fused-ring (bicyclic) bond motifs is 3. The first-order chi connectivity index (χ1) is 10.0. The molecular weight excluding hydrogens is 264 g/mol. The summed E-state index contributed by atoms with van der Waals surface area (Å²) in [6, 6.07) is 8.26. The van der Waals surface area contributed by atoms with E-state index in [-0.39, 0.29) is 23.7 Å². The molecule has 1 N–H and O–H groups in total. The molecular formula is C18H24O3. The lowest BCUT2D eigenvalue weighted by Crippen LogP contribution is -2.65. The van der Waals surface area contributed by atoms with Gasteiger partial charge in [-0.15, -0.1) is 0 Å². The molecule has 1 saturated heterocycles. The first kappa shape index (κ1) is 13.6. The summed E-state index contributed by atoms with van der Waals surface area (Å²) in [4.78, 5) is 0. The van der Waals surface area contributed by atoms with Crippen molar-refractivity contribution in [3.63, 3.8) is 0 Å². The highest BCUT2D eigenvalue weighted by molar-refractivity contribution is 5.40. The smallest absolute Gasteiger partial charge is 0.125 e. The topological polar surface area (TPSA) is 38.7 Å². The predicted molar refractivity (Wildman–Crippen MR) is 80.1 cm³/mol. The summed E-state index contributed by atoms with van der Waals surface area (Å²) in [6.45, 7) is 7.60. The van der Waals surface area contributed by atoms with Crippen LogP contribution in [0.1, 0.15) is 38.9 Å². The Kier molecular flexibility index (Phi) is 2.74. The van der Waals surface area contributed by atoms with E-state index >= 15 is 0 Å². The summed E-state index contributed by atoms with van der Waals surface area (Å²) in [5, 5.41) is 10.1. The number of benzene rings is 1. The molecule has 114 valence electrons. The average Bonchev–Trinajstić information content (AvgIpc) is 2.46. The highest BCUT2D eigenvalue weighted by Gasteiger charge is 2.64. The average molecular weight is 288 g/mol. The molecule has 2 aliphatic heterocycles. The van der Waals surface area contributed by atoms with Gasteiger partial charge in [-0.3, -0.25) is 0 Å². The largest absolute Gasteiger partial charge is 0.487 e. The lowest BCUT2D eigenvalue weighted by molar-refractivity contribution is -0.260. The summed E-state index contributed by atoms with van der Waals surface area (Å²) in [5.74, 6) is 2.07. The van der Waals surface area contributed by atoms with Gasteiger partial charge in [-0.2, -0.15) is 0 Å². The Bertz CT molecular complexity index is 571. The molecule has 1 aromatic carbocycles. The van der Waals surface area contributed by atoms with Crippen molar-refractivity contribution in [1.29, 1.82) is 0 Å². The monoisotopic (exact) mass is 288 g/mol. The van der Waals surface area contributed by atoms with Crippen LogP contribution in [0.3, 0.4) is 0 Å². The second kappa shape index (κ2) is 4.23. The Labute approximate surface area is 126 Å². The fourth-order valence-electron chi connectivity index (χ4n) is 5.29. The third-order valence-electron chi connectivity index (χ3n) is 6.56. The van der Waals surface area contributed by atoms with E-state index in [0.717, 1.165) is 12.2 Å². The molecule has 3 heteroatoms. The van der Waals surface area contributed by atoms with Crippen LogP contribution in [0.4, 0.5) is 0 Å². The quantitative estimate of drug-likeness (QED) is 0.862. The van der Waals surface area contributed by atoms with E-state index in [2.05, 4.69) is 39.0 Å². The van der Waals surface area contributed by atoms with Gasteiger partial charge in [0.15, 0.2) is 0 Å². The SMILES string of the molecule is C[C@H]1C[C@@]2(C)Oc3ccccc3[C@H]3OC[C@]1(CO)[C@@H](C)[C@H]32. The number of aliphatic hydroxyl groups excluding tert-OH is 1. The van der Waals surface area contributed by atoms with Gasteiger partial charge >= 0.3 is 0 Å². The minimum Gasteiger partial charge on any atom is -0.487 e. The summed E-state index contributed by atoms with van der Waals surface area (Å²) < 4.78 is 12.7. The van der Waals surface area contributed by atoms with E-state index < -0.39 is 0 Å². The van der Waals surface area contributed by atoms with Crippen molar-refractivity contribution in [3.05, 3.63) is 29.8 Å². The maximum Gasteiger partial charge on any atom is 0.125 e. The van der Waals surface area contributed by atoms with E-state index in [4.69, 9.17) is 9.47 Å². The second-order valence-electron chi connectivity index (χ2n) is 7.50. The molecule has 0 radical (unpaired) electrons. The third kappa shape index (κ3) is 1.56. The van der Waals surface area contributed by atoms with Crippen molar-refractivity contribution in [2.45, 2.75) is 38.9 Å². The van der Waals surface area contributed by atoms with Gasteiger partial charge in [-0.25, -0.2) is 0 Å². The van der Waals surface area contributed by atoms with Crippen molar-refractivity contribution < 1.29 is 14.6 Å². The van der Waals surface area contributed by atoms with E-state index in [0.29, 0.717) is 24.4 Å². The Morgan fingerprint density at radius 3 is 2.81 bits per heavy atom. The molecule has 1 saturated carbocycles. The molecule has 6 atom stereocenters. The van der Waals surface area contributed by atoms with Crippen LogP contribution in [0.15, 0.2) is 24.3 Å². The zero-order valence-electron chi connectivity index (χ0n) is 13.0. The molecule has 0 amide bonds. The molecule has 2 fully saturated rings. The molecule has 2 heterocycles. The first-order valence-electron chi connectivity index (χ1n) is 8.02. The fraction of sp³-hybridized carbons (Fsp3) is 0.667. The Hall–Kier alpha value is -1.06. The Balaban J connectivity index is 1.87. The van der Waals surface area contributed by atoms with Gasteiger partial charge in [0, 0.05) is 16.9 Å². The van der Waals surface area contributed by atoms with Crippen molar-refractivity contribution in [3.8, 4) is 5.75 Å². The zero-order valence-corrected chi connectivity index (χ0v) is 13.0. The molecule has 3 aliphatic rings. The predicted octanol–water partition coefficient (Wildman–Crippen LogP) is 3.18. The van der Waals surface area contributed by atoms with Crippen molar-refractivity contribution in [1.82, 2.24) is 0 Å². The molecule has 3 nitrogen and oxygen atoms in total. The molecule has 0 unspecified atom stereocenters. The van der Waals surface area contributed by atoms with E-state index in [1.54, 1.807) is 0 Å². The summed E-state index contributed by atoms with van der Waals surface area (Å²) in [5.41, 5.74) is 0.862. The first-order valence-corrected chi connectivity index (χ1v) is 8.02. The van der Waals surface area contributed by atoms with Gasteiger partial charge in [-0.1, -0.05) is 32.0 Å². The molecule has 0 aromatic heterocycles. The number of hydrogen-bond acceptors (Lipinski definition) is 3. The van der Waals surface area contributed by atoms with Crippen LogP contribution < -0.4 is 4.74 Å². The highest BCUT2D eigenvalue weighted by atomic mass is 16.5.